The van der Waals surface area contributed by atoms with E-state index in [0.29, 0.717) is 5.69 Å². The fraction of sp³-hybridized carbons (Fsp3) is 0.600. The van der Waals surface area contributed by atoms with Gasteiger partial charge >= 0.3 is 0 Å². The van der Waals surface area contributed by atoms with Gasteiger partial charge in [-0.1, -0.05) is 5.16 Å². The van der Waals surface area contributed by atoms with Gasteiger partial charge in [-0.15, -0.1) is 0 Å². The Morgan fingerprint density at radius 3 is 2.86 bits per heavy atom. The van der Waals surface area contributed by atoms with Crippen LogP contribution >= 0.6 is 0 Å². The summed E-state index contributed by atoms with van der Waals surface area (Å²) in [5, 5.41) is 11.2. The fourth-order valence-corrected chi connectivity index (χ4v) is 3.51. The van der Waals surface area contributed by atoms with Gasteiger partial charge in [-0.2, -0.15) is 10.1 Å². The summed E-state index contributed by atoms with van der Waals surface area (Å²) in [4.78, 5) is 18.7. The standard InChI is InChI=1S/C15H19N5O2/c21-15(13-11-3-1-2-4-12(11)17-18-13)20-7-5-10(6-8-20)14-16-9-22-19-14/h9-10H,1-8H2,(H,17,18). The van der Waals surface area contributed by atoms with Crippen LogP contribution in [0, 0.1) is 0 Å². The van der Waals surface area contributed by atoms with Gasteiger partial charge in [0.1, 0.15) is 0 Å². The van der Waals surface area contributed by atoms with E-state index in [-0.39, 0.29) is 11.8 Å². The number of rotatable bonds is 2. The largest absolute Gasteiger partial charge is 0.343 e. The molecular formula is C15H19N5O2. The number of amides is 1. The predicted molar refractivity (Wildman–Crippen MR) is 77.4 cm³/mol. The fourth-order valence-electron chi connectivity index (χ4n) is 3.51. The Kier molecular flexibility index (Phi) is 3.40. The Morgan fingerprint density at radius 1 is 1.27 bits per heavy atom. The van der Waals surface area contributed by atoms with Gasteiger partial charge in [0, 0.05) is 30.3 Å². The van der Waals surface area contributed by atoms with Gasteiger partial charge in [-0.3, -0.25) is 9.89 Å². The number of carbonyl (C=O) groups is 1. The highest BCUT2D eigenvalue weighted by Gasteiger charge is 2.30. The number of nitrogens with zero attached hydrogens (tertiary/aromatic N) is 4. The number of nitrogens with one attached hydrogen (secondary N) is 1. The van der Waals surface area contributed by atoms with Crippen LogP contribution in [0.5, 0.6) is 0 Å². The van der Waals surface area contributed by atoms with E-state index in [0.717, 1.165) is 62.3 Å². The molecular weight excluding hydrogens is 282 g/mol. The highest BCUT2D eigenvalue weighted by Crippen LogP contribution is 2.28. The van der Waals surface area contributed by atoms with E-state index in [1.807, 2.05) is 4.90 Å². The number of hydrogen-bond donors (Lipinski definition) is 1. The van der Waals surface area contributed by atoms with Crippen molar-refractivity contribution in [2.75, 3.05) is 13.1 Å². The lowest BCUT2D eigenvalue weighted by atomic mass is 9.94. The first-order chi connectivity index (χ1) is 10.8. The molecule has 1 amide bonds. The zero-order valence-electron chi connectivity index (χ0n) is 12.4. The molecule has 0 bridgehead atoms. The lowest BCUT2D eigenvalue weighted by Crippen LogP contribution is -2.38. The summed E-state index contributed by atoms with van der Waals surface area (Å²) in [5.74, 6) is 1.10. The number of hydrogen-bond acceptors (Lipinski definition) is 5. The average molecular weight is 301 g/mol. The number of H-pyrrole nitrogens is 1. The number of aromatic nitrogens is 4. The van der Waals surface area contributed by atoms with Crippen LogP contribution in [0.3, 0.4) is 0 Å². The molecule has 0 radical (unpaired) electrons. The van der Waals surface area contributed by atoms with Crippen LogP contribution in [0.2, 0.25) is 0 Å². The Morgan fingerprint density at radius 2 is 2.09 bits per heavy atom. The number of piperidine rings is 1. The molecule has 0 atom stereocenters. The molecule has 1 aliphatic carbocycles. The summed E-state index contributed by atoms with van der Waals surface area (Å²) in [5.41, 5.74) is 2.92. The number of fused-ring (bicyclic) bond motifs is 1. The third-order valence-corrected chi connectivity index (χ3v) is 4.78. The summed E-state index contributed by atoms with van der Waals surface area (Å²) in [6.07, 6.45) is 7.41. The maximum Gasteiger partial charge on any atom is 0.274 e. The topological polar surface area (TPSA) is 87.9 Å². The monoisotopic (exact) mass is 301 g/mol. The van der Waals surface area contributed by atoms with Gasteiger partial charge in [0.15, 0.2) is 11.5 Å². The summed E-state index contributed by atoms with van der Waals surface area (Å²) >= 11 is 0. The second kappa shape index (κ2) is 5.55. The summed E-state index contributed by atoms with van der Waals surface area (Å²) in [6.45, 7) is 1.44. The van der Waals surface area contributed by atoms with E-state index >= 15 is 0 Å². The van der Waals surface area contributed by atoms with Crippen LogP contribution in [0.15, 0.2) is 10.9 Å². The molecule has 0 aromatic carbocycles. The summed E-state index contributed by atoms with van der Waals surface area (Å²) in [7, 11) is 0. The average Bonchev–Trinajstić information content (AvgIpc) is 3.24. The molecule has 0 spiro atoms. The van der Waals surface area contributed by atoms with E-state index in [2.05, 4.69) is 20.3 Å². The smallest absolute Gasteiger partial charge is 0.274 e. The van der Waals surface area contributed by atoms with Crippen molar-refractivity contribution >= 4 is 5.91 Å². The number of carbonyl (C=O) groups excluding carboxylic acids is 1. The van der Waals surface area contributed by atoms with Crippen LogP contribution < -0.4 is 0 Å². The molecule has 1 aliphatic heterocycles. The van der Waals surface area contributed by atoms with Crippen LogP contribution in [0.4, 0.5) is 0 Å². The Labute approximate surface area is 128 Å². The van der Waals surface area contributed by atoms with Gasteiger partial charge in [0.25, 0.3) is 5.91 Å². The molecule has 2 aromatic rings. The molecule has 22 heavy (non-hydrogen) atoms. The van der Waals surface area contributed by atoms with Gasteiger partial charge in [0.2, 0.25) is 6.39 Å². The van der Waals surface area contributed by atoms with E-state index in [4.69, 9.17) is 4.52 Å². The minimum atomic E-state index is 0.0611. The van der Waals surface area contributed by atoms with Crippen molar-refractivity contribution in [1.82, 2.24) is 25.2 Å². The molecule has 2 aliphatic rings. The number of likely N-dealkylation sites (tertiary alicyclic amines) is 1. The first kappa shape index (κ1) is 13.5. The van der Waals surface area contributed by atoms with Crippen LogP contribution in [0.25, 0.3) is 0 Å². The van der Waals surface area contributed by atoms with Crippen molar-refractivity contribution < 1.29 is 9.32 Å². The molecule has 0 saturated carbocycles. The van der Waals surface area contributed by atoms with Gasteiger partial charge in [-0.05, 0) is 38.5 Å². The quantitative estimate of drug-likeness (QED) is 0.912. The maximum absolute atomic E-state index is 12.7. The third kappa shape index (κ3) is 2.30. The highest BCUT2D eigenvalue weighted by molar-refractivity contribution is 5.94. The predicted octanol–water partition coefficient (Wildman–Crippen LogP) is 1.69. The maximum atomic E-state index is 12.7. The van der Waals surface area contributed by atoms with Crippen molar-refractivity contribution in [3.8, 4) is 0 Å². The van der Waals surface area contributed by atoms with Crippen molar-refractivity contribution in [3.63, 3.8) is 0 Å². The zero-order valence-corrected chi connectivity index (χ0v) is 12.4. The first-order valence-corrected chi connectivity index (χ1v) is 7.94. The van der Waals surface area contributed by atoms with Crippen molar-refractivity contribution in [2.45, 2.75) is 44.4 Å². The molecule has 7 heteroatoms. The molecule has 4 rings (SSSR count). The Bertz CT molecular complexity index is 656. The number of aryl methyl sites for hydroxylation is 1. The molecule has 1 saturated heterocycles. The van der Waals surface area contributed by atoms with E-state index < -0.39 is 0 Å². The summed E-state index contributed by atoms with van der Waals surface area (Å²) < 4.78 is 4.81. The Hall–Kier alpha value is -2.18. The Balaban J connectivity index is 1.45. The van der Waals surface area contributed by atoms with Crippen LogP contribution in [-0.4, -0.2) is 44.2 Å². The van der Waals surface area contributed by atoms with E-state index in [9.17, 15) is 4.79 Å². The van der Waals surface area contributed by atoms with Crippen molar-refractivity contribution in [1.29, 1.82) is 0 Å². The van der Waals surface area contributed by atoms with Gasteiger partial charge in [-0.25, -0.2) is 0 Å². The zero-order chi connectivity index (χ0) is 14.9. The first-order valence-electron chi connectivity index (χ1n) is 7.94. The van der Waals surface area contributed by atoms with Crippen LogP contribution in [0.1, 0.15) is 59.2 Å². The minimum Gasteiger partial charge on any atom is -0.343 e. The second-order valence-electron chi connectivity index (χ2n) is 6.09. The molecule has 0 unspecified atom stereocenters. The number of aromatic amines is 1. The minimum absolute atomic E-state index is 0.0611. The van der Waals surface area contributed by atoms with E-state index in [1.54, 1.807) is 0 Å². The summed E-state index contributed by atoms with van der Waals surface area (Å²) in [6, 6.07) is 0. The lowest BCUT2D eigenvalue weighted by molar-refractivity contribution is 0.0703. The van der Waals surface area contributed by atoms with E-state index in [1.165, 1.54) is 12.8 Å². The van der Waals surface area contributed by atoms with Gasteiger partial charge < -0.3 is 9.42 Å². The normalized spacial score (nSPS) is 19.2. The molecule has 3 heterocycles. The van der Waals surface area contributed by atoms with Crippen LogP contribution in [-0.2, 0) is 12.8 Å². The van der Waals surface area contributed by atoms with Crippen molar-refractivity contribution in [2.24, 2.45) is 0 Å². The van der Waals surface area contributed by atoms with Crippen molar-refractivity contribution in [3.05, 3.63) is 29.2 Å². The SMILES string of the molecule is O=C(c1n[nH]c2c1CCCC2)N1CCC(c2ncon2)CC1. The molecule has 2 aromatic heterocycles. The lowest BCUT2D eigenvalue weighted by Gasteiger charge is -2.30. The third-order valence-electron chi connectivity index (χ3n) is 4.78. The molecule has 1 fully saturated rings. The molecule has 1 N–H and O–H groups in total. The van der Waals surface area contributed by atoms with Gasteiger partial charge in [0.05, 0.1) is 0 Å². The molecule has 116 valence electrons. The molecule has 7 nitrogen and oxygen atoms in total. The second-order valence-corrected chi connectivity index (χ2v) is 6.09. The highest BCUT2D eigenvalue weighted by atomic mass is 16.5.